The lowest BCUT2D eigenvalue weighted by molar-refractivity contribution is 0.0923. The monoisotopic (exact) mass is 572 g/mol. The fraction of sp³-hybridized carbons (Fsp3) is 0.552. The number of carbonyl (C=O) groups is 1. The molecule has 0 bridgehead atoms. The van der Waals surface area contributed by atoms with E-state index in [4.69, 9.17) is 15.2 Å². The number of nitriles is 1. The Morgan fingerprint density at radius 3 is 2.64 bits per heavy atom. The minimum Gasteiger partial charge on any atom is -0.489 e. The van der Waals surface area contributed by atoms with Gasteiger partial charge in [-0.25, -0.2) is 9.97 Å². The molecule has 0 unspecified atom stereocenters. The molecule has 0 aromatic carbocycles. The van der Waals surface area contributed by atoms with Gasteiger partial charge in [0.2, 0.25) is 11.8 Å². The topological polar surface area (TPSA) is 170 Å². The molecule has 4 heterocycles. The summed E-state index contributed by atoms with van der Waals surface area (Å²) >= 11 is 0. The zero-order valence-electron chi connectivity index (χ0n) is 24.0. The molecule has 6 rings (SSSR count). The second-order valence-electron chi connectivity index (χ2n) is 11.8. The Kier molecular flexibility index (Phi) is 7.53. The number of nitrogen functional groups attached to an aromatic ring is 1. The molecule has 220 valence electrons. The number of carbonyl (C=O) groups excluding carboxylic acids is 1. The molecule has 1 aliphatic heterocycles. The van der Waals surface area contributed by atoms with E-state index in [1.807, 2.05) is 35.7 Å². The highest BCUT2D eigenvalue weighted by molar-refractivity contribution is 5.91. The SMILES string of the molecule is C[C@@H](NC(=O)c1nc(OCC2(C#N)CC2)nc(N2CCC(COc3cc(-c4cn(C)cn4)cnc3N)CC2)n1)C1CC1. The number of imidazole rings is 1. The third-order valence-electron chi connectivity index (χ3n) is 8.32. The first kappa shape index (κ1) is 27.7. The number of nitrogens with one attached hydrogen (secondary N) is 1. The van der Waals surface area contributed by atoms with Crippen molar-refractivity contribution in [1.29, 1.82) is 5.26 Å². The average molecular weight is 573 g/mol. The van der Waals surface area contributed by atoms with E-state index < -0.39 is 5.41 Å². The molecule has 42 heavy (non-hydrogen) atoms. The van der Waals surface area contributed by atoms with Crippen LogP contribution in [-0.4, -0.2) is 67.7 Å². The largest absolute Gasteiger partial charge is 0.489 e. The summed E-state index contributed by atoms with van der Waals surface area (Å²) in [5.41, 5.74) is 7.26. The molecule has 3 aromatic rings. The zero-order valence-corrected chi connectivity index (χ0v) is 24.0. The van der Waals surface area contributed by atoms with Crippen molar-refractivity contribution in [2.24, 2.45) is 24.3 Å². The van der Waals surface area contributed by atoms with E-state index in [0.717, 1.165) is 49.8 Å². The quantitative estimate of drug-likeness (QED) is 0.346. The van der Waals surface area contributed by atoms with E-state index in [1.54, 1.807) is 12.5 Å². The van der Waals surface area contributed by atoms with Crippen LogP contribution in [0.1, 0.15) is 56.1 Å². The van der Waals surface area contributed by atoms with Crippen LogP contribution in [-0.2, 0) is 7.05 Å². The lowest BCUT2D eigenvalue weighted by atomic mass is 9.98. The smallest absolute Gasteiger partial charge is 0.322 e. The Morgan fingerprint density at radius 1 is 1.19 bits per heavy atom. The summed E-state index contributed by atoms with van der Waals surface area (Å²) in [5.74, 6) is 1.78. The van der Waals surface area contributed by atoms with Gasteiger partial charge in [0.15, 0.2) is 11.6 Å². The van der Waals surface area contributed by atoms with Crippen molar-refractivity contribution in [3.63, 3.8) is 0 Å². The van der Waals surface area contributed by atoms with Crippen molar-refractivity contribution in [1.82, 2.24) is 34.8 Å². The number of hydrogen-bond donors (Lipinski definition) is 2. The maximum Gasteiger partial charge on any atom is 0.322 e. The van der Waals surface area contributed by atoms with E-state index in [-0.39, 0.29) is 30.4 Å². The number of nitrogens with zero attached hydrogens (tertiary/aromatic N) is 8. The zero-order chi connectivity index (χ0) is 29.3. The number of nitrogens with two attached hydrogens (primary N) is 1. The molecule has 3 aliphatic rings. The molecule has 1 atom stereocenters. The number of anilines is 2. The summed E-state index contributed by atoms with van der Waals surface area (Å²) in [6.45, 7) is 4.07. The first-order chi connectivity index (χ1) is 20.3. The molecule has 3 N–H and O–H groups in total. The highest BCUT2D eigenvalue weighted by Gasteiger charge is 2.44. The standard InChI is InChI=1S/C29H36N10O3/c1-18(20-3-4-20)34-26(40)25-35-27(37-28(36-25)42-16-29(15-30)7-8-29)39-9-5-19(6-10-39)14-41-23-11-21(12-32-24(23)31)22-13-38(2)17-33-22/h11-13,17-20H,3-10,14,16H2,1-2H3,(H2,31,32)(H,34,40)/t18-/m1/s1. The highest BCUT2D eigenvalue weighted by Crippen LogP contribution is 2.45. The molecule has 2 saturated carbocycles. The summed E-state index contributed by atoms with van der Waals surface area (Å²) in [6, 6.07) is 4.32. The molecule has 13 nitrogen and oxygen atoms in total. The van der Waals surface area contributed by atoms with Gasteiger partial charge in [-0.15, -0.1) is 0 Å². The van der Waals surface area contributed by atoms with Gasteiger partial charge in [0.1, 0.15) is 6.61 Å². The van der Waals surface area contributed by atoms with Crippen molar-refractivity contribution in [3.8, 4) is 29.1 Å². The molecule has 3 fully saturated rings. The van der Waals surface area contributed by atoms with Crippen LogP contribution in [0.15, 0.2) is 24.8 Å². The van der Waals surface area contributed by atoms with Gasteiger partial charge in [0.25, 0.3) is 5.91 Å². The molecule has 1 saturated heterocycles. The van der Waals surface area contributed by atoms with E-state index in [0.29, 0.717) is 49.0 Å². The van der Waals surface area contributed by atoms with Crippen molar-refractivity contribution < 1.29 is 14.3 Å². The minimum atomic E-state index is -0.482. The Bertz CT molecular complexity index is 1490. The summed E-state index contributed by atoms with van der Waals surface area (Å²) in [7, 11) is 1.92. The molecular formula is C29H36N10O3. The van der Waals surface area contributed by atoms with Crippen LogP contribution in [0.5, 0.6) is 11.8 Å². The number of amides is 1. The maximum atomic E-state index is 13.0. The van der Waals surface area contributed by atoms with Crippen molar-refractivity contribution in [2.75, 3.05) is 36.9 Å². The number of aromatic nitrogens is 6. The van der Waals surface area contributed by atoms with E-state index in [9.17, 15) is 10.1 Å². The van der Waals surface area contributed by atoms with Gasteiger partial charge in [-0.2, -0.15) is 20.2 Å². The normalized spacial score (nSPS) is 18.6. The maximum absolute atomic E-state index is 13.0. The Hall–Kier alpha value is -4.47. The van der Waals surface area contributed by atoms with Crippen LogP contribution >= 0.6 is 0 Å². The fourth-order valence-electron chi connectivity index (χ4n) is 5.06. The Labute approximate surface area is 244 Å². The number of rotatable bonds is 11. The summed E-state index contributed by atoms with van der Waals surface area (Å²) < 4.78 is 13.8. The number of hydrogen-bond acceptors (Lipinski definition) is 11. The lowest BCUT2D eigenvalue weighted by Crippen LogP contribution is -2.38. The Morgan fingerprint density at radius 2 is 1.98 bits per heavy atom. The highest BCUT2D eigenvalue weighted by atomic mass is 16.5. The molecule has 0 spiro atoms. The van der Waals surface area contributed by atoms with Crippen LogP contribution in [0.25, 0.3) is 11.3 Å². The van der Waals surface area contributed by atoms with Gasteiger partial charge in [0.05, 0.1) is 30.1 Å². The second-order valence-corrected chi connectivity index (χ2v) is 11.8. The number of piperidine rings is 1. The van der Waals surface area contributed by atoms with Crippen LogP contribution in [0, 0.1) is 28.6 Å². The van der Waals surface area contributed by atoms with E-state index >= 15 is 0 Å². The Balaban J connectivity index is 1.10. The molecule has 3 aromatic heterocycles. The van der Waals surface area contributed by atoms with Crippen molar-refractivity contribution >= 4 is 17.7 Å². The minimum absolute atomic E-state index is 0.0329. The van der Waals surface area contributed by atoms with Crippen LogP contribution in [0.4, 0.5) is 11.8 Å². The van der Waals surface area contributed by atoms with Crippen LogP contribution in [0.3, 0.4) is 0 Å². The van der Waals surface area contributed by atoms with Gasteiger partial charge in [0, 0.05) is 44.1 Å². The molecule has 2 aliphatic carbocycles. The van der Waals surface area contributed by atoms with Gasteiger partial charge < -0.3 is 30.0 Å². The second kappa shape index (κ2) is 11.4. The van der Waals surface area contributed by atoms with Gasteiger partial charge in [-0.1, -0.05) is 0 Å². The average Bonchev–Trinajstić information content (AvgIpc) is 3.94. The van der Waals surface area contributed by atoms with Crippen LogP contribution < -0.4 is 25.4 Å². The van der Waals surface area contributed by atoms with Gasteiger partial charge in [-0.3, -0.25) is 4.79 Å². The van der Waals surface area contributed by atoms with E-state index in [2.05, 4.69) is 36.3 Å². The molecule has 13 heteroatoms. The van der Waals surface area contributed by atoms with Gasteiger partial charge in [-0.05, 0) is 63.4 Å². The third kappa shape index (κ3) is 6.37. The first-order valence-electron chi connectivity index (χ1n) is 14.5. The predicted molar refractivity (Wildman–Crippen MR) is 154 cm³/mol. The number of ether oxygens (including phenoxy) is 2. The van der Waals surface area contributed by atoms with Crippen molar-refractivity contribution in [2.45, 2.75) is 51.5 Å². The summed E-state index contributed by atoms with van der Waals surface area (Å²) in [6.07, 6.45) is 10.8. The van der Waals surface area contributed by atoms with Crippen molar-refractivity contribution in [3.05, 3.63) is 30.6 Å². The third-order valence-corrected chi connectivity index (χ3v) is 8.32. The van der Waals surface area contributed by atoms with Gasteiger partial charge >= 0.3 is 6.01 Å². The van der Waals surface area contributed by atoms with Crippen LogP contribution in [0.2, 0.25) is 0 Å². The van der Waals surface area contributed by atoms with E-state index in [1.165, 1.54) is 0 Å². The molecule has 1 amide bonds. The molecule has 0 radical (unpaired) electrons. The predicted octanol–water partition coefficient (Wildman–Crippen LogP) is 2.76. The summed E-state index contributed by atoms with van der Waals surface area (Å²) in [5, 5.41) is 12.5. The number of aryl methyl sites for hydroxylation is 1. The molecular weight excluding hydrogens is 536 g/mol. The lowest BCUT2D eigenvalue weighted by Gasteiger charge is -2.32. The summed E-state index contributed by atoms with van der Waals surface area (Å²) in [4.78, 5) is 37.1. The first-order valence-corrected chi connectivity index (χ1v) is 14.5. The fourth-order valence-corrected chi connectivity index (χ4v) is 5.06. The number of pyridine rings is 1.